The third kappa shape index (κ3) is 3.36. The zero-order valence-corrected chi connectivity index (χ0v) is 11.4. The summed E-state index contributed by atoms with van der Waals surface area (Å²) in [4.78, 5) is 0. The quantitative estimate of drug-likeness (QED) is 0.931. The highest BCUT2D eigenvalue weighted by atomic mass is 79.9. The molecule has 3 nitrogen and oxygen atoms in total. The first-order valence-corrected chi connectivity index (χ1v) is 7.01. The van der Waals surface area contributed by atoms with Crippen molar-refractivity contribution >= 4 is 43.2 Å². The molecule has 0 aliphatic heterocycles. The summed E-state index contributed by atoms with van der Waals surface area (Å²) in [5, 5.41) is -0.00104. The van der Waals surface area contributed by atoms with E-state index in [0.717, 1.165) is 4.47 Å². The van der Waals surface area contributed by atoms with Gasteiger partial charge in [0.25, 0.3) is 0 Å². The van der Waals surface area contributed by atoms with Gasteiger partial charge in [0.05, 0.1) is 16.0 Å². The fourth-order valence-electron chi connectivity index (χ4n) is 0.842. The highest BCUT2D eigenvalue weighted by molar-refractivity contribution is 9.10. The van der Waals surface area contributed by atoms with E-state index in [4.69, 9.17) is 11.6 Å². The van der Waals surface area contributed by atoms with Crippen molar-refractivity contribution in [1.82, 2.24) is 0 Å². The molecule has 0 saturated heterocycles. The predicted molar refractivity (Wildman–Crippen MR) is 66.8 cm³/mol. The van der Waals surface area contributed by atoms with Crippen LogP contribution in [0.2, 0.25) is 5.02 Å². The molecule has 0 aliphatic rings. The minimum Gasteiger partial charge on any atom is -0.283 e. The lowest BCUT2D eigenvalue weighted by molar-refractivity contribution is 0.593. The molecule has 1 N–H and O–H groups in total. The van der Waals surface area contributed by atoms with Gasteiger partial charge in [-0.15, -0.1) is 0 Å². The second kappa shape index (κ2) is 4.72. The summed E-state index contributed by atoms with van der Waals surface area (Å²) in [6, 6.07) is 4.90. The van der Waals surface area contributed by atoms with Crippen LogP contribution in [0.25, 0.3) is 0 Å². The van der Waals surface area contributed by atoms with Crippen molar-refractivity contribution in [2.75, 3.05) is 4.72 Å². The molecule has 0 heterocycles. The SMILES string of the molecule is CC(C)S(=O)(=O)Nc1ccc(Br)c(Cl)c1. The van der Waals surface area contributed by atoms with E-state index in [9.17, 15) is 8.42 Å². The zero-order chi connectivity index (χ0) is 11.6. The van der Waals surface area contributed by atoms with Crippen molar-refractivity contribution < 1.29 is 8.42 Å². The zero-order valence-electron chi connectivity index (χ0n) is 8.29. The van der Waals surface area contributed by atoms with Gasteiger partial charge in [0.15, 0.2) is 0 Å². The van der Waals surface area contributed by atoms with Crippen LogP contribution in [0.4, 0.5) is 5.69 Å². The Hall–Kier alpha value is -0.260. The van der Waals surface area contributed by atoms with E-state index in [2.05, 4.69) is 20.7 Å². The van der Waals surface area contributed by atoms with Gasteiger partial charge in [-0.25, -0.2) is 8.42 Å². The third-order valence-corrected chi connectivity index (χ3v) is 4.79. The molecule has 0 fully saturated rings. The first kappa shape index (κ1) is 12.8. The lowest BCUT2D eigenvalue weighted by Crippen LogP contribution is -2.22. The molecule has 1 aromatic carbocycles. The maximum Gasteiger partial charge on any atom is 0.235 e. The van der Waals surface area contributed by atoms with Crippen LogP contribution in [-0.2, 0) is 10.0 Å². The highest BCUT2D eigenvalue weighted by Crippen LogP contribution is 2.26. The van der Waals surface area contributed by atoms with Gasteiger partial charge in [0.1, 0.15) is 0 Å². The molecule has 0 bridgehead atoms. The molecular weight excluding hydrogens is 302 g/mol. The normalized spacial score (nSPS) is 11.8. The summed E-state index contributed by atoms with van der Waals surface area (Å²) in [5.74, 6) is 0. The second-order valence-electron chi connectivity index (χ2n) is 3.32. The fraction of sp³-hybridized carbons (Fsp3) is 0.333. The standard InChI is InChI=1S/C9H11BrClNO2S/c1-6(2)15(13,14)12-7-3-4-8(10)9(11)5-7/h3-6,12H,1-2H3. The van der Waals surface area contributed by atoms with E-state index in [1.54, 1.807) is 32.0 Å². The Labute approximate surface area is 103 Å². The number of hydrogen-bond donors (Lipinski definition) is 1. The molecule has 0 amide bonds. The Kier molecular flexibility index (Phi) is 4.03. The number of nitrogens with one attached hydrogen (secondary N) is 1. The molecule has 6 heteroatoms. The molecule has 0 spiro atoms. The van der Waals surface area contributed by atoms with Gasteiger partial charge < -0.3 is 0 Å². The van der Waals surface area contributed by atoms with Crippen LogP contribution in [0, 0.1) is 0 Å². The first-order chi connectivity index (χ1) is 6.83. The summed E-state index contributed by atoms with van der Waals surface area (Å²) < 4.78 is 26.2. The van der Waals surface area contributed by atoms with Crippen molar-refractivity contribution in [3.8, 4) is 0 Å². The van der Waals surface area contributed by atoms with Crippen LogP contribution in [0.15, 0.2) is 22.7 Å². The van der Waals surface area contributed by atoms with Crippen molar-refractivity contribution in [3.05, 3.63) is 27.7 Å². The van der Waals surface area contributed by atoms with E-state index in [0.29, 0.717) is 10.7 Å². The van der Waals surface area contributed by atoms with Gasteiger partial charge in [0.2, 0.25) is 10.0 Å². The van der Waals surface area contributed by atoms with E-state index in [1.165, 1.54) is 0 Å². The van der Waals surface area contributed by atoms with E-state index in [1.807, 2.05) is 0 Å². The Morgan fingerprint density at radius 3 is 2.47 bits per heavy atom. The van der Waals surface area contributed by atoms with Gasteiger partial charge in [-0.1, -0.05) is 11.6 Å². The van der Waals surface area contributed by atoms with Crippen LogP contribution < -0.4 is 4.72 Å². The molecule has 84 valence electrons. The molecular formula is C9H11BrClNO2S. The molecule has 15 heavy (non-hydrogen) atoms. The average Bonchev–Trinajstić information content (AvgIpc) is 2.10. The number of halogens is 2. The van der Waals surface area contributed by atoms with Crippen LogP contribution in [0.5, 0.6) is 0 Å². The second-order valence-corrected chi connectivity index (χ2v) is 6.82. The number of anilines is 1. The molecule has 1 rings (SSSR count). The fourth-order valence-corrected chi connectivity index (χ4v) is 1.96. The summed E-state index contributed by atoms with van der Waals surface area (Å²) in [5.41, 5.74) is 0.469. The van der Waals surface area contributed by atoms with Crippen LogP contribution in [-0.4, -0.2) is 13.7 Å². The number of benzene rings is 1. The summed E-state index contributed by atoms with van der Waals surface area (Å²) >= 11 is 9.07. The van der Waals surface area contributed by atoms with Gasteiger partial charge in [-0.2, -0.15) is 0 Å². The Bertz CT molecular complexity index is 459. The Balaban J connectivity index is 2.96. The van der Waals surface area contributed by atoms with Crippen LogP contribution in [0.1, 0.15) is 13.8 Å². The minimum absolute atomic E-state index is 0.469. The third-order valence-electron chi connectivity index (χ3n) is 1.80. The van der Waals surface area contributed by atoms with Gasteiger partial charge in [-0.05, 0) is 48.0 Å². The molecule has 0 aromatic heterocycles. The lowest BCUT2D eigenvalue weighted by Gasteiger charge is -2.11. The summed E-state index contributed by atoms with van der Waals surface area (Å²) in [7, 11) is -3.30. The van der Waals surface area contributed by atoms with Gasteiger partial charge in [0, 0.05) is 4.47 Å². The average molecular weight is 313 g/mol. The number of rotatable bonds is 3. The van der Waals surface area contributed by atoms with Crippen molar-refractivity contribution in [1.29, 1.82) is 0 Å². The lowest BCUT2D eigenvalue weighted by atomic mass is 10.3. The summed E-state index contributed by atoms with van der Waals surface area (Å²) in [6.45, 7) is 3.23. The topological polar surface area (TPSA) is 46.2 Å². The van der Waals surface area contributed by atoms with Crippen LogP contribution >= 0.6 is 27.5 Å². The predicted octanol–water partition coefficient (Wildman–Crippen LogP) is 3.25. The monoisotopic (exact) mass is 311 g/mol. The van der Waals surface area contributed by atoms with Crippen LogP contribution in [0.3, 0.4) is 0 Å². The number of sulfonamides is 1. The van der Waals surface area contributed by atoms with Crippen molar-refractivity contribution in [3.63, 3.8) is 0 Å². The molecule has 0 aliphatic carbocycles. The maximum atomic E-state index is 11.5. The Morgan fingerprint density at radius 2 is 2.00 bits per heavy atom. The molecule has 1 aromatic rings. The van der Waals surface area contributed by atoms with E-state index in [-0.39, 0.29) is 0 Å². The maximum absolute atomic E-state index is 11.5. The molecule has 0 unspecified atom stereocenters. The van der Waals surface area contributed by atoms with Crippen molar-refractivity contribution in [2.24, 2.45) is 0 Å². The first-order valence-electron chi connectivity index (χ1n) is 4.29. The summed E-state index contributed by atoms with van der Waals surface area (Å²) in [6.07, 6.45) is 0. The minimum atomic E-state index is -3.30. The molecule has 0 atom stereocenters. The van der Waals surface area contributed by atoms with Gasteiger partial charge >= 0.3 is 0 Å². The molecule has 0 saturated carbocycles. The molecule has 0 radical (unpaired) electrons. The van der Waals surface area contributed by atoms with Crippen molar-refractivity contribution in [2.45, 2.75) is 19.1 Å². The Morgan fingerprint density at radius 1 is 1.40 bits per heavy atom. The van der Waals surface area contributed by atoms with E-state index >= 15 is 0 Å². The van der Waals surface area contributed by atoms with Gasteiger partial charge in [-0.3, -0.25) is 4.72 Å². The highest BCUT2D eigenvalue weighted by Gasteiger charge is 2.15. The smallest absolute Gasteiger partial charge is 0.235 e. The van der Waals surface area contributed by atoms with E-state index < -0.39 is 15.3 Å². The largest absolute Gasteiger partial charge is 0.283 e. The number of hydrogen-bond acceptors (Lipinski definition) is 2.